The van der Waals surface area contributed by atoms with Crippen molar-refractivity contribution < 1.29 is 109 Å². The number of rotatable bonds is 14. The van der Waals surface area contributed by atoms with Crippen LogP contribution in [0.1, 0.15) is 103 Å². The predicted molar refractivity (Wildman–Crippen MR) is 239 cm³/mol. The minimum Gasteiger partial charge on any atom is -0.870 e. The van der Waals surface area contributed by atoms with Crippen molar-refractivity contribution in [2.45, 2.75) is 81.6 Å². The van der Waals surface area contributed by atoms with Crippen LogP contribution in [0.15, 0.2) is 83.9 Å². The van der Waals surface area contributed by atoms with Gasteiger partial charge in [-0.25, -0.2) is 14.4 Å². The zero-order valence-electron chi connectivity index (χ0n) is 37.1. The first kappa shape index (κ1) is 65.0. The summed E-state index contributed by atoms with van der Waals surface area (Å²) in [6.07, 6.45) is 6.25. The van der Waals surface area contributed by atoms with E-state index in [9.17, 15) is 38.4 Å². The molecule has 12 nitrogen and oxygen atoms in total. The standard InChI is InChI=1S/C16H17ClO4.C12H13ClO.C7H5ClO.C6H10O4.C5H10O.K.H2O/c1-4-21-16(20)15(19)11(3)14(18)10(2)9-12-5-7-13(17)8-6-12;1-3-12(14)9(2)8-10-4-6-11(13)7-5-10;8-7-3-1-6(5-9)2-4-7;1-3-9-5(7)6(8)10-4-2;1-3-5(6)4-2;;/h5-9,11H,4H2,1-3H3;4-8H,3H2,1-2H3;1-5H;3-4H2,1-2H3;3-4H2,1-2H3;;1H2/q;;;;;+1;/p-1/b10-9+;9-8+;;;;;. The van der Waals surface area contributed by atoms with Crippen molar-refractivity contribution in [2.75, 3.05) is 19.8 Å². The van der Waals surface area contributed by atoms with Crippen LogP contribution in [-0.2, 0) is 47.8 Å². The van der Waals surface area contributed by atoms with E-state index in [1.54, 1.807) is 82.3 Å². The summed E-state index contributed by atoms with van der Waals surface area (Å²) >= 11 is 17.1. The molecule has 0 spiro atoms. The number of aldehydes is 1. The summed E-state index contributed by atoms with van der Waals surface area (Å²) in [5, 5.41) is 1.96. The van der Waals surface area contributed by atoms with Crippen LogP contribution in [0.2, 0.25) is 15.1 Å². The van der Waals surface area contributed by atoms with Gasteiger partial charge in [0.2, 0.25) is 0 Å². The molecular formula is C46H56Cl3KO12. The molecule has 0 aliphatic rings. The number of ether oxygens (including phenoxy) is 3. The molecule has 0 saturated carbocycles. The molecule has 0 aromatic heterocycles. The average Bonchev–Trinajstić information content (AvgIpc) is 3.25. The van der Waals surface area contributed by atoms with E-state index in [2.05, 4.69) is 14.2 Å². The molecule has 3 aromatic rings. The Morgan fingerprint density at radius 1 is 0.516 bits per heavy atom. The third-order valence-corrected chi connectivity index (χ3v) is 8.19. The average molecular weight is 946 g/mol. The van der Waals surface area contributed by atoms with Gasteiger partial charge in [0.15, 0.2) is 11.6 Å². The largest absolute Gasteiger partial charge is 1.00 e. The topological polar surface area (TPSA) is 194 Å². The van der Waals surface area contributed by atoms with Crippen molar-refractivity contribution in [1.82, 2.24) is 0 Å². The van der Waals surface area contributed by atoms with Crippen molar-refractivity contribution in [3.8, 4) is 0 Å². The molecule has 1 N–H and O–H groups in total. The summed E-state index contributed by atoms with van der Waals surface area (Å²) in [7, 11) is 0. The van der Waals surface area contributed by atoms with E-state index in [-0.39, 0.29) is 82.5 Å². The Labute approximate surface area is 422 Å². The van der Waals surface area contributed by atoms with Gasteiger partial charge in [0, 0.05) is 39.9 Å². The number of esters is 3. The second-order valence-electron chi connectivity index (χ2n) is 12.1. The summed E-state index contributed by atoms with van der Waals surface area (Å²) in [5.74, 6) is -4.58. The minimum absolute atomic E-state index is 0. The molecule has 3 aromatic carbocycles. The maximum Gasteiger partial charge on any atom is 1.00 e. The molecule has 0 amide bonds. The van der Waals surface area contributed by atoms with Crippen LogP contribution in [-0.4, -0.2) is 72.6 Å². The molecule has 0 heterocycles. The van der Waals surface area contributed by atoms with Crippen molar-refractivity contribution in [3.63, 3.8) is 0 Å². The third kappa shape index (κ3) is 30.4. The van der Waals surface area contributed by atoms with Crippen LogP contribution in [0.25, 0.3) is 12.2 Å². The van der Waals surface area contributed by atoms with Crippen molar-refractivity contribution >= 4 is 94.3 Å². The Morgan fingerprint density at radius 3 is 1.13 bits per heavy atom. The van der Waals surface area contributed by atoms with Gasteiger partial charge in [-0.05, 0) is 112 Å². The number of allylic oxidation sites excluding steroid dienone is 2. The summed E-state index contributed by atoms with van der Waals surface area (Å²) in [4.78, 5) is 87.6. The zero-order chi connectivity index (χ0) is 46.2. The van der Waals surface area contributed by atoms with Crippen molar-refractivity contribution in [1.29, 1.82) is 0 Å². The second kappa shape index (κ2) is 39.0. The fourth-order valence-corrected chi connectivity index (χ4v) is 4.44. The zero-order valence-corrected chi connectivity index (χ0v) is 42.4. The number of benzene rings is 3. The fraction of sp³-hybridized carbons (Fsp3) is 0.348. The molecule has 0 radical (unpaired) electrons. The second-order valence-corrected chi connectivity index (χ2v) is 13.4. The Hall–Kier alpha value is -3.63. The molecular weight excluding hydrogens is 890 g/mol. The van der Waals surface area contributed by atoms with Crippen LogP contribution >= 0.6 is 34.8 Å². The van der Waals surface area contributed by atoms with Gasteiger partial charge in [0.1, 0.15) is 12.1 Å². The van der Waals surface area contributed by atoms with Gasteiger partial charge in [0.05, 0.1) is 25.7 Å². The van der Waals surface area contributed by atoms with Gasteiger partial charge in [-0.2, -0.15) is 0 Å². The molecule has 0 aliphatic carbocycles. The SMILES string of the molecule is CCC(=O)/C(C)=C/c1ccc(Cl)cc1.CCC(=O)CC.CCOC(=O)C(=O)C(C)C(=O)/C(C)=C/c1ccc(Cl)cc1.CCOC(=O)C(=O)OCC.O=Cc1ccc(Cl)cc1.[K+].[OH-]. The van der Waals surface area contributed by atoms with Crippen LogP contribution in [0.3, 0.4) is 0 Å². The van der Waals surface area contributed by atoms with E-state index in [0.29, 0.717) is 51.3 Å². The van der Waals surface area contributed by atoms with Crippen LogP contribution in [0, 0.1) is 5.92 Å². The Bertz CT molecular complexity index is 1870. The Morgan fingerprint density at radius 2 is 0.839 bits per heavy atom. The van der Waals surface area contributed by atoms with Crippen molar-refractivity contribution in [3.05, 3.63) is 116 Å². The smallest absolute Gasteiger partial charge is 0.870 e. The van der Waals surface area contributed by atoms with Crippen LogP contribution < -0.4 is 51.4 Å². The number of carbonyl (C=O) groups excluding carboxylic acids is 8. The molecule has 0 saturated heterocycles. The van der Waals surface area contributed by atoms with Crippen molar-refractivity contribution in [2.24, 2.45) is 5.92 Å². The number of ketones is 4. The fourth-order valence-electron chi connectivity index (χ4n) is 4.06. The molecule has 16 heteroatoms. The monoisotopic (exact) mass is 944 g/mol. The Balaban J connectivity index is -0.000000358. The van der Waals surface area contributed by atoms with E-state index in [1.807, 2.05) is 58.0 Å². The van der Waals surface area contributed by atoms with E-state index in [0.717, 1.165) is 23.0 Å². The maximum absolute atomic E-state index is 12.1. The molecule has 334 valence electrons. The first-order chi connectivity index (χ1) is 28.3. The number of carbonyl (C=O) groups is 8. The summed E-state index contributed by atoms with van der Waals surface area (Å²) in [5.41, 5.74) is 3.63. The molecule has 0 aliphatic heterocycles. The first-order valence-electron chi connectivity index (χ1n) is 19.1. The van der Waals surface area contributed by atoms with Gasteiger partial charge in [-0.15, -0.1) is 0 Å². The first-order valence-corrected chi connectivity index (χ1v) is 20.2. The molecule has 1 unspecified atom stereocenters. The van der Waals surface area contributed by atoms with E-state index in [4.69, 9.17) is 34.8 Å². The maximum atomic E-state index is 12.1. The quantitative estimate of drug-likeness (QED) is 0.0299. The number of hydrogen-bond donors (Lipinski definition) is 0. The summed E-state index contributed by atoms with van der Waals surface area (Å²) in [6, 6.07) is 21.1. The van der Waals surface area contributed by atoms with Gasteiger partial charge in [-0.1, -0.05) is 92.0 Å². The van der Waals surface area contributed by atoms with E-state index >= 15 is 0 Å². The molecule has 0 bridgehead atoms. The molecule has 1 atom stereocenters. The number of hydrogen-bond acceptors (Lipinski definition) is 12. The molecule has 0 fully saturated rings. The van der Waals surface area contributed by atoms with Gasteiger partial charge < -0.3 is 19.7 Å². The summed E-state index contributed by atoms with van der Waals surface area (Å²) < 4.78 is 13.3. The normalized spacial score (nSPS) is 10.4. The molecule has 3 rings (SSSR count). The molecule has 62 heavy (non-hydrogen) atoms. The van der Waals surface area contributed by atoms with Crippen LogP contribution in [0.5, 0.6) is 0 Å². The predicted octanol–water partition coefficient (Wildman–Crippen LogP) is 7.27. The van der Waals surface area contributed by atoms with E-state index in [1.165, 1.54) is 6.92 Å². The minimum atomic E-state index is -1.05. The van der Waals surface area contributed by atoms with Gasteiger partial charge >= 0.3 is 69.3 Å². The van der Waals surface area contributed by atoms with Gasteiger partial charge in [0.25, 0.3) is 5.78 Å². The number of halogens is 3. The Kier molecular flexibility index (Phi) is 40.9. The van der Waals surface area contributed by atoms with Crippen LogP contribution in [0.4, 0.5) is 0 Å². The van der Waals surface area contributed by atoms with E-state index < -0.39 is 35.4 Å². The third-order valence-electron chi connectivity index (χ3n) is 7.43. The number of Topliss-reactive ketones (excluding diaryl/α,β-unsaturated/α-hetero) is 4. The summed E-state index contributed by atoms with van der Waals surface area (Å²) in [6.45, 7) is 15.8. The van der Waals surface area contributed by atoms with Gasteiger partial charge in [-0.3, -0.25) is 24.0 Å².